The van der Waals surface area contributed by atoms with Crippen LogP contribution in [0, 0.1) is 13.8 Å². The van der Waals surface area contributed by atoms with E-state index in [1.807, 2.05) is 105 Å². The topological polar surface area (TPSA) is 95.6 Å². The average Bonchev–Trinajstić information content (AvgIpc) is 3.05. The normalized spacial score (nSPS) is 13.4. The molecule has 0 aliphatic heterocycles. The monoisotopic (exact) mass is 653 g/mol. The fourth-order valence-electron chi connectivity index (χ4n) is 5.30. The van der Waals surface area contributed by atoms with E-state index in [-0.39, 0.29) is 22.9 Å². The highest BCUT2D eigenvalue weighted by molar-refractivity contribution is 7.89. The first kappa shape index (κ1) is 33.2. The van der Waals surface area contributed by atoms with Crippen LogP contribution in [-0.2, 0) is 26.6 Å². The Hall–Kier alpha value is -4.12. The van der Waals surface area contributed by atoms with Crippen molar-refractivity contribution in [2.24, 2.45) is 0 Å². The van der Waals surface area contributed by atoms with Gasteiger partial charge in [-0.25, -0.2) is 26.3 Å². The fraction of sp³-hybridized carbons (Fsp3) is 0.189. The van der Waals surface area contributed by atoms with Crippen molar-refractivity contribution in [1.82, 2.24) is 14.3 Å². The van der Waals surface area contributed by atoms with E-state index in [0.717, 1.165) is 27.8 Å². The molecule has 5 aromatic carbocycles. The summed E-state index contributed by atoms with van der Waals surface area (Å²) in [6, 6.07) is 41.1. The van der Waals surface area contributed by atoms with Gasteiger partial charge in [-0.2, -0.15) is 0 Å². The van der Waals surface area contributed by atoms with Crippen molar-refractivity contribution in [3.63, 3.8) is 0 Å². The summed E-state index contributed by atoms with van der Waals surface area (Å²) in [4.78, 5) is 2.46. The first-order valence-corrected chi connectivity index (χ1v) is 18.1. The number of rotatable bonds is 14. The summed E-state index contributed by atoms with van der Waals surface area (Å²) in [5, 5.41) is 0. The van der Waals surface area contributed by atoms with E-state index in [4.69, 9.17) is 0 Å². The van der Waals surface area contributed by atoms with Gasteiger partial charge in [0.2, 0.25) is 20.0 Å². The Kier molecular flexibility index (Phi) is 10.8. The summed E-state index contributed by atoms with van der Waals surface area (Å²) in [5.74, 6) is 0. The van der Waals surface area contributed by atoms with Gasteiger partial charge in [-0.3, -0.25) is 4.90 Å². The second-order valence-electron chi connectivity index (χ2n) is 11.5. The lowest BCUT2D eigenvalue weighted by molar-refractivity contribution is 0.224. The van der Waals surface area contributed by atoms with Crippen molar-refractivity contribution in [1.29, 1.82) is 0 Å². The SMILES string of the molecule is Cc1ccc(S(=O)(=O)N[C@H](CN(Cc2ccccc2)C[C@@H](NS(=O)(=O)c2ccc(C)cc2)c2ccccc2)c2ccccc2)cc1. The van der Waals surface area contributed by atoms with Crippen molar-refractivity contribution >= 4 is 20.0 Å². The number of sulfonamides is 2. The molecule has 0 fully saturated rings. The maximum atomic E-state index is 13.7. The minimum Gasteiger partial charge on any atom is -0.295 e. The van der Waals surface area contributed by atoms with Crippen LogP contribution in [0.1, 0.15) is 39.9 Å². The molecule has 7 nitrogen and oxygen atoms in total. The van der Waals surface area contributed by atoms with E-state index in [9.17, 15) is 16.8 Å². The number of nitrogens with zero attached hydrogens (tertiary/aromatic N) is 1. The van der Waals surface area contributed by atoms with Crippen molar-refractivity contribution in [3.8, 4) is 0 Å². The first-order valence-electron chi connectivity index (χ1n) is 15.1. The third kappa shape index (κ3) is 8.99. The first-order chi connectivity index (χ1) is 22.1. The van der Waals surface area contributed by atoms with E-state index in [1.54, 1.807) is 48.5 Å². The van der Waals surface area contributed by atoms with Crippen molar-refractivity contribution in [2.75, 3.05) is 13.1 Å². The molecule has 2 atom stereocenters. The van der Waals surface area contributed by atoms with Crippen LogP contribution in [0.3, 0.4) is 0 Å². The molecule has 2 N–H and O–H groups in total. The highest BCUT2D eigenvalue weighted by Crippen LogP contribution is 2.24. The molecule has 0 radical (unpaired) electrons. The van der Waals surface area contributed by atoms with Crippen LogP contribution in [0.2, 0.25) is 0 Å². The Bertz CT molecular complexity index is 1780. The van der Waals surface area contributed by atoms with Crippen LogP contribution in [0.5, 0.6) is 0 Å². The zero-order valence-electron chi connectivity index (χ0n) is 26.0. The summed E-state index contributed by atoms with van der Waals surface area (Å²) < 4.78 is 60.5. The van der Waals surface area contributed by atoms with Crippen LogP contribution in [0.15, 0.2) is 149 Å². The maximum Gasteiger partial charge on any atom is 0.241 e. The van der Waals surface area contributed by atoms with Gasteiger partial charge < -0.3 is 0 Å². The van der Waals surface area contributed by atoms with Crippen molar-refractivity contribution in [3.05, 3.63) is 167 Å². The van der Waals surface area contributed by atoms with Gasteiger partial charge in [-0.05, 0) is 54.8 Å². The molecule has 5 rings (SSSR count). The molecule has 0 aromatic heterocycles. The standard InChI is InChI=1S/C37H39N3O4S2/c1-29-18-22-34(23-19-29)45(41,42)38-36(32-14-8-4-9-15-32)27-40(26-31-12-6-3-7-13-31)28-37(33-16-10-5-11-17-33)39-46(43,44)35-24-20-30(2)21-25-35/h3-25,36-39H,26-28H2,1-2H3/t36-,37-/m1/s1. The van der Waals surface area contributed by atoms with Gasteiger partial charge in [0.05, 0.1) is 21.9 Å². The predicted molar refractivity (Wildman–Crippen MR) is 183 cm³/mol. The van der Waals surface area contributed by atoms with Crippen LogP contribution < -0.4 is 9.44 Å². The molecular formula is C37H39N3O4S2. The zero-order chi connectivity index (χ0) is 32.6. The molecule has 0 unspecified atom stereocenters. The molecule has 0 aliphatic carbocycles. The Morgan fingerprint density at radius 2 is 0.848 bits per heavy atom. The Morgan fingerprint density at radius 3 is 1.22 bits per heavy atom. The molecule has 5 aromatic rings. The third-order valence-electron chi connectivity index (χ3n) is 7.79. The van der Waals surface area contributed by atoms with Gasteiger partial charge in [0.1, 0.15) is 0 Å². The number of benzene rings is 5. The molecule has 0 aliphatic rings. The Balaban J connectivity index is 1.51. The van der Waals surface area contributed by atoms with Crippen LogP contribution >= 0.6 is 0 Å². The number of hydrogen-bond acceptors (Lipinski definition) is 5. The van der Waals surface area contributed by atoms with Gasteiger partial charge in [0.15, 0.2) is 0 Å². The van der Waals surface area contributed by atoms with Crippen molar-refractivity contribution < 1.29 is 16.8 Å². The summed E-state index contributed by atoms with van der Waals surface area (Å²) in [6.45, 7) is 4.84. The predicted octanol–water partition coefficient (Wildman–Crippen LogP) is 6.55. The van der Waals surface area contributed by atoms with E-state index in [2.05, 4.69) is 14.3 Å². The quantitative estimate of drug-likeness (QED) is 0.142. The lowest BCUT2D eigenvalue weighted by atomic mass is 10.0. The average molecular weight is 654 g/mol. The number of hydrogen-bond donors (Lipinski definition) is 2. The third-order valence-corrected chi connectivity index (χ3v) is 10.8. The molecule has 238 valence electrons. The van der Waals surface area contributed by atoms with Crippen LogP contribution in [0.25, 0.3) is 0 Å². The Morgan fingerprint density at radius 1 is 0.500 bits per heavy atom. The summed E-state index contributed by atoms with van der Waals surface area (Å²) >= 11 is 0. The van der Waals surface area contributed by atoms with Crippen molar-refractivity contribution in [2.45, 2.75) is 42.3 Å². The van der Waals surface area contributed by atoms with Crippen LogP contribution in [0.4, 0.5) is 0 Å². The maximum absolute atomic E-state index is 13.7. The molecule has 9 heteroatoms. The summed E-state index contributed by atoms with van der Waals surface area (Å²) in [7, 11) is -7.76. The zero-order valence-corrected chi connectivity index (χ0v) is 27.6. The lowest BCUT2D eigenvalue weighted by Crippen LogP contribution is -2.42. The van der Waals surface area contributed by atoms with Gasteiger partial charge in [-0.1, -0.05) is 126 Å². The molecule has 0 heterocycles. The molecule has 0 saturated heterocycles. The van der Waals surface area contributed by atoms with E-state index >= 15 is 0 Å². The highest BCUT2D eigenvalue weighted by Gasteiger charge is 2.28. The van der Waals surface area contributed by atoms with Gasteiger partial charge in [0.25, 0.3) is 0 Å². The molecule has 0 amide bonds. The van der Waals surface area contributed by atoms with E-state index < -0.39 is 32.1 Å². The molecule has 0 saturated carbocycles. The van der Waals surface area contributed by atoms with Gasteiger partial charge >= 0.3 is 0 Å². The molecule has 0 bridgehead atoms. The number of nitrogens with one attached hydrogen (secondary N) is 2. The number of aryl methyl sites for hydroxylation is 2. The molecular weight excluding hydrogens is 615 g/mol. The second kappa shape index (κ2) is 15.0. The smallest absolute Gasteiger partial charge is 0.241 e. The van der Waals surface area contributed by atoms with Gasteiger partial charge in [-0.15, -0.1) is 0 Å². The van der Waals surface area contributed by atoms with Gasteiger partial charge in [0, 0.05) is 19.6 Å². The lowest BCUT2D eigenvalue weighted by Gasteiger charge is -2.32. The second-order valence-corrected chi connectivity index (χ2v) is 14.9. The minimum absolute atomic E-state index is 0.182. The molecule has 0 spiro atoms. The highest BCUT2D eigenvalue weighted by atomic mass is 32.2. The van der Waals surface area contributed by atoms with E-state index in [1.165, 1.54) is 0 Å². The Labute approximate surface area is 273 Å². The van der Waals surface area contributed by atoms with E-state index in [0.29, 0.717) is 6.54 Å². The molecule has 46 heavy (non-hydrogen) atoms. The minimum atomic E-state index is -3.88. The summed E-state index contributed by atoms with van der Waals surface area (Å²) in [5.41, 5.74) is 4.55. The largest absolute Gasteiger partial charge is 0.295 e. The summed E-state index contributed by atoms with van der Waals surface area (Å²) in [6.07, 6.45) is 0. The van der Waals surface area contributed by atoms with Crippen LogP contribution in [-0.4, -0.2) is 34.8 Å². The fourth-order valence-corrected chi connectivity index (χ4v) is 7.73.